The molecule has 8 heteroatoms. The van der Waals surface area contributed by atoms with E-state index in [2.05, 4.69) is 15.5 Å². The number of imide groups is 2. The van der Waals surface area contributed by atoms with Gasteiger partial charge in [-0.2, -0.15) is 4.98 Å². The van der Waals surface area contributed by atoms with Crippen molar-refractivity contribution in [2.45, 2.75) is 39.0 Å². The van der Waals surface area contributed by atoms with Crippen LogP contribution in [-0.4, -0.2) is 39.4 Å². The molecule has 1 saturated carbocycles. The van der Waals surface area contributed by atoms with Crippen LogP contribution in [0.25, 0.3) is 0 Å². The van der Waals surface area contributed by atoms with Gasteiger partial charge in [0.2, 0.25) is 17.7 Å². The van der Waals surface area contributed by atoms with E-state index in [1.165, 1.54) is 0 Å². The molecule has 1 aliphatic carbocycles. The topological polar surface area (TPSA) is 105 Å². The van der Waals surface area contributed by atoms with Gasteiger partial charge in [0.25, 0.3) is 0 Å². The first-order valence-corrected chi connectivity index (χ1v) is 6.99. The van der Waals surface area contributed by atoms with Gasteiger partial charge >= 0.3 is 6.03 Å². The predicted octanol–water partition coefficient (Wildman–Crippen LogP) is 0.559. The summed E-state index contributed by atoms with van der Waals surface area (Å²) in [5, 5.41) is 6.03. The first-order valence-electron chi connectivity index (χ1n) is 6.99. The summed E-state index contributed by atoms with van der Waals surface area (Å²) in [6, 6.07) is -0.664. The largest absolute Gasteiger partial charge is 0.340 e. The zero-order valence-corrected chi connectivity index (χ0v) is 11.7. The Kier molecular flexibility index (Phi) is 3.23. The van der Waals surface area contributed by atoms with Crippen molar-refractivity contribution >= 4 is 17.8 Å². The van der Waals surface area contributed by atoms with Gasteiger partial charge in [-0.15, -0.1) is 0 Å². The Bertz CT molecular complexity index is 603. The number of amides is 4. The fourth-order valence-electron chi connectivity index (χ4n) is 3.01. The lowest BCUT2D eigenvalue weighted by Crippen LogP contribution is -2.63. The van der Waals surface area contributed by atoms with Gasteiger partial charge in [0, 0.05) is 19.9 Å². The quantitative estimate of drug-likeness (QED) is 0.816. The Labute approximate surface area is 120 Å². The monoisotopic (exact) mass is 292 g/mol. The Morgan fingerprint density at radius 2 is 2.00 bits per heavy atom. The maximum Gasteiger partial charge on any atom is 0.330 e. The summed E-state index contributed by atoms with van der Waals surface area (Å²) in [6.45, 7) is 1.81. The van der Waals surface area contributed by atoms with Gasteiger partial charge in [0.05, 0.1) is 0 Å². The highest BCUT2D eigenvalue weighted by Gasteiger charge is 2.54. The third kappa shape index (κ3) is 2.20. The second-order valence-corrected chi connectivity index (χ2v) is 5.48. The van der Waals surface area contributed by atoms with Crippen molar-refractivity contribution in [1.29, 1.82) is 0 Å². The van der Waals surface area contributed by atoms with Crippen LogP contribution in [0.5, 0.6) is 0 Å². The van der Waals surface area contributed by atoms with E-state index in [-0.39, 0.29) is 6.54 Å². The van der Waals surface area contributed by atoms with Crippen LogP contribution in [0.4, 0.5) is 4.79 Å². The van der Waals surface area contributed by atoms with Crippen LogP contribution in [0.3, 0.4) is 0 Å². The number of carbonyl (C=O) groups excluding carboxylic acids is 3. The molecule has 4 amide bonds. The lowest BCUT2D eigenvalue weighted by Gasteiger charge is -2.36. The fraction of sp³-hybridized carbons (Fsp3) is 0.615. The van der Waals surface area contributed by atoms with Gasteiger partial charge in [-0.3, -0.25) is 19.8 Å². The van der Waals surface area contributed by atoms with E-state index in [1.54, 1.807) is 6.92 Å². The first-order chi connectivity index (χ1) is 10.0. The molecule has 0 atom stereocenters. The molecule has 112 valence electrons. The molecule has 0 unspecified atom stereocenters. The molecule has 3 rings (SSSR count). The minimum atomic E-state index is -1.05. The van der Waals surface area contributed by atoms with E-state index < -0.39 is 23.3 Å². The van der Waals surface area contributed by atoms with Gasteiger partial charge in [-0.1, -0.05) is 18.0 Å². The fourth-order valence-corrected chi connectivity index (χ4v) is 3.01. The molecule has 1 aromatic rings. The van der Waals surface area contributed by atoms with Crippen molar-refractivity contribution in [3.63, 3.8) is 0 Å². The molecular formula is C13H16N4O4. The SMILES string of the molecule is Cc1nc(CCN2C(=O)NC(=O)C3(CCCC3)C2=O)no1. The molecule has 1 aliphatic heterocycles. The maximum absolute atomic E-state index is 12.6. The highest BCUT2D eigenvalue weighted by Crippen LogP contribution is 2.41. The highest BCUT2D eigenvalue weighted by molar-refractivity contribution is 6.19. The second-order valence-electron chi connectivity index (χ2n) is 5.48. The van der Waals surface area contributed by atoms with Crippen molar-refractivity contribution < 1.29 is 18.9 Å². The van der Waals surface area contributed by atoms with Crippen molar-refractivity contribution in [1.82, 2.24) is 20.4 Å². The summed E-state index contributed by atoms with van der Waals surface area (Å²) in [5.74, 6) is 0.0166. The van der Waals surface area contributed by atoms with Crippen LogP contribution < -0.4 is 5.32 Å². The molecule has 1 saturated heterocycles. The molecule has 8 nitrogen and oxygen atoms in total. The Morgan fingerprint density at radius 1 is 1.29 bits per heavy atom. The van der Waals surface area contributed by atoms with Crippen LogP contribution in [0, 0.1) is 12.3 Å². The van der Waals surface area contributed by atoms with E-state index in [0.717, 1.165) is 17.7 Å². The molecule has 1 spiro atoms. The van der Waals surface area contributed by atoms with Gasteiger partial charge in [0.15, 0.2) is 5.82 Å². The van der Waals surface area contributed by atoms with E-state index in [1.807, 2.05) is 0 Å². The van der Waals surface area contributed by atoms with E-state index >= 15 is 0 Å². The summed E-state index contributed by atoms with van der Waals surface area (Å²) < 4.78 is 4.85. The van der Waals surface area contributed by atoms with Gasteiger partial charge in [-0.05, 0) is 12.8 Å². The van der Waals surface area contributed by atoms with Crippen molar-refractivity contribution in [3.05, 3.63) is 11.7 Å². The zero-order chi connectivity index (χ0) is 15.0. The maximum atomic E-state index is 12.6. The first kappa shape index (κ1) is 13.7. The lowest BCUT2D eigenvalue weighted by atomic mass is 9.82. The molecule has 1 aromatic heterocycles. The molecule has 2 fully saturated rings. The molecule has 21 heavy (non-hydrogen) atoms. The second kappa shape index (κ2) is 4.94. The van der Waals surface area contributed by atoms with Crippen molar-refractivity contribution in [2.24, 2.45) is 5.41 Å². The molecule has 2 heterocycles. The van der Waals surface area contributed by atoms with Crippen LogP contribution in [-0.2, 0) is 16.0 Å². The number of barbiturate groups is 1. The highest BCUT2D eigenvalue weighted by atomic mass is 16.5. The number of hydrogen-bond donors (Lipinski definition) is 1. The number of nitrogens with one attached hydrogen (secondary N) is 1. The standard InChI is InChI=1S/C13H16N4O4/c1-8-14-9(16-21-8)4-7-17-11(19)13(5-2-3-6-13)10(18)15-12(17)20/h2-7H2,1H3,(H,15,18,20). The summed E-state index contributed by atoms with van der Waals surface area (Å²) in [4.78, 5) is 41.6. The smallest absolute Gasteiger partial charge is 0.330 e. The minimum absolute atomic E-state index is 0.138. The van der Waals surface area contributed by atoms with E-state index in [0.29, 0.717) is 31.0 Å². The van der Waals surface area contributed by atoms with Crippen LogP contribution in [0.2, 0.25) is 0 Å². The van der Waals surface area contributed by atoms with E-state index in [9.17, 15) is 14.4 Å². The van der Waals surface area contributed by atoms with Gasteiger partial charge in [-0.25, -0.2) is 4.79 Å². The van der Waals surface area contributed by atoms with E-state index in [4.69, 9.17) is 4.52 Å². The normalized spacial score (nSPS) is 21.2. The Balaban J connectivity index is 1.75. The Morgan fingerprint density at radius 3 is 2.62 bits per heavy atom. The summed E-state index contributed by atoms with van der Waals surface area (Å²) in [6.07, 6.45) is 2.96. The molecule has 0 radical (unpaired) electrons. The molecule has 2 aliphatic rings. The van der Waals surface area contributed by atoms with Crippen LogP contribution in [0.15, 0.2) is 4.52 Å². The average Bonchev–Trinajstić information content (AvgIpc) is 3.07. The van der Waals surface area contributed by atoms with Crippen LogP contribution >= 0.6 is 0 Å². The third-order valence-corrected chi connectivity index (χ3v) is 4.14. The summed E-state index contributed by atoms with van der Waals surface area (Å²) in [5.41, 5.74) is -1.05. The third-order valence-electron chi connectivity index (χ3n) is 4.14. The van der Waals surface area contributed by atoms with Crippen molar-refractivity contribution in [3.8, 4) is 0 Å². The van der Waals surface area contributed by atoms with Gasteiger partial charge < -0.3 is 4.52 Å². The number of aryl methyl sites for hydroxylation is 1. The number of carbonyl (C=O) groups is 3. The van der Waals surface area contributed by atoms with Crippen molar-refractivity contribution in [2.75, 3.05) is 6.54 Å². The summed E-state index contributed by atoms with van der Waals surface area (Å²) >= 11 is 0. The number of hydrogen-bond acceptors (Lipinski definition) is 6. The molecule has 0 aromatic carbocycles. The lowest BCUT2D eigenvalue weighted by molar-refractivity contribution is -0.151. The average molecular weight is 292 g/mol. The zero-order valence-electron chi connectivity index (χ0n) is 11.7. The molecule has 0 bridgehead atoms. The number of nitrogens with zero attached hydrogens (tertiary/aromatic N) is 3. The number of aromatic nitrogens is 2. The number of urea groups is 1. The van der Waals surface area contributed by atoms with Crippen LogP contribution in [0.1, 0.15) is 37.4 Å². The number of rotatable bonds is 3. The Hall–Kier alpha value is -2.25. The molecular weight excluding hydrogens is 276 g/mol. The predicted molar refractivity (Wildman–Crippen MR) is 68.9 cm³/mol. The van der Waals surface area contributed by atoms with Gasteiger partial charge in [0.1, 0.15) is 5.41 Å². The minimum Gasteiger partial charge on any atom is -0.340 e. The summed E-state index contributed by atoms with van der Waals surface area (Å²) in [7, 11) is 0. The molecule has 1 N–H and O–H groups in total.